The smallest absolute Gasteiger partial charge is 0.0574 e. The molecule has 3 heteroatoms. The van der Waals surface area contributed by atoms with Crippen LogP contribution in [0, 0.1) is 5.92 Å². The van der Waals surface area contributed by atoms with Crippen LogP contribution in [0.15, 0.2) is 18.3 Å². The minimum Gasteiger partial charge on any atom is -0.387 e. The van der Waals surface area contributed by atoms with E-state index in [0.29, 0.717) is 6.04 Å². The van der Waals surface area contributed by atoms with Gasteiger partial charge in [-0.1, -0.05) is 6.92 Å². The predicted octanol–water partition coefficient (Wildman–Crippen LogP) is 2.18. The van der Waals surface area contributed by atoms with E-state index in [-0.39, 0.29) is 0 Å². The van der Waals surface area contributed by atoms with E-state index in [9.17, 15) is 0 Å². The topological polar surface area (TPSA) is 37.0 Å². The monoisotopic (exact) mass is 205 g/mol. The SMILES string of the molecule is CNc1ccc(C2CCC(C)CN2)nc1. The molecule has 0 aliphatic carbocycles. The fourth-order valence-electron chi connectivity index (χ4n) is 2.01. The van der Waals surface area contributed by atoms with Crippen LogP contribution < -0.4 is 10.6 Å². The Bertz CT molecular complexity index is 299. The number of piperidine rings is 1. The minimum atomic E-state index is 0.451. The molecule has 0 bridgehead atoms. The highest BCUT2D eigenvalue weighted by molar-refractivity contribution is 5.40. The number of rotatable bonds is 2. The van der Waals surface area contributed by atoms with Gasteiger partial charge < -0.3 is 10.6 Å². The Morgan fingerprint density at radius 3 is 2.80 bits per heavy atom. The van der Waals surface area contributed by atoms with Gasteiger partial charge >= 0.3 is 0 Å². The molecule has 2 heterocycles. The van der Waals surface area contributed by atoms with Crippen LogP contribution in [0.25, 0.3) is 0 Å². The summed E-state index contributed by atoms with van der Waals surface area (Å²) in [6, 6.07) is 4.65. The van der Waals surface area contributed by atoms with Gasteiger partial charge in [0.05, 0.1) is 17.6 Å². The molecule has 2 atom stereocenters. The normalized spacial score (nSPS) is 26.3. The molecule has 3 nitrogen and oxygen atoms in total. The van der Waals surface area contributed by atoms with Crippen molar-refractivity contribution in [3.63, 3.8) is 0 Å². The van der Waals surface area contributed by atoms with Gasteiger partial charge in [-0.05, 0) is 37.4 Å². The quantitative estimate of drug-likeness (QED) is 0.777. The zero-order valence-electron chi connectivity index (χ0n) is 9.46. The highest BCUT2D eigenvalue weighted by Gasteiger charge is 2.19. The molecular weight excluding hydrogens is 186 g/mol. The fourth-order valence-corrected chi connectivity index (χ4v) is 2.01. The lowest BCUT2D eigenvalue weighted by molar-refractivity contribution is 0.328. The van der Waals surface area contributed by atoms with E-state index in [2.05, 4.69) is 34.7 Å². The molecule has 2 rings (SSSR count). The van der Waals surface area contributed by atoms with Crippen molar-refractivity contribution in [2.45, 2.75) is 25.8 Å². The number of nitrogens with zero attached hydrogens (tertiary/aromatic N) is 1. The van der Waals surface area contributed by atoms with E-state index < -0.39 is 0 Å². The first-order valence-electron chi connectivity index (χ1n) is 5.66. The first kappa shape index (κ1) is 10.4. The number of aromatic nitrogens is 1. The van der Waals surface area contributed by atoms with Crippen molar-refractivity contribution in [1.82, 2.24) is 10.3 Å². The highest BCUT2D eigenvalue weighted by atomic mass is 15.0. The summed E-state index contributed by atoms with van der Waals surface area (Å²) in [5.74, 6) is 0.804. The van der Waals surface area contributed by atoms with Gasteiger partial charge in [-0.3, -0.25) is 4.98 Å². The molecule has 0 radical (unpaired) electrons. The Morgan fingerprint density at radius 1 is 1.40 bits per heavy atom. The average molecular weight is 205 g/mol. The third-order valence-corrected chi connectivity index (χ3v) is 3.09. The van der Waals surface area contributed by atoms with Crippen molar-refractivity contribution in [2.75, 3.05) is 18.9 Å². The molecule has 2 unspecified atom stereocenters. The Morgan fingerprint density at radius 2 is 2.27 bits per heavy atom. The Balaban J connectivity index is 2.03. The van der Waals surface area contributed by atoms with Crippen LogP contribution in [0.5, 0.6) is 0 Å². The van der Waals surface area contributed by atoms with E-state index in [4.69, 9.17) is 0 Å². The van der Waals surface area contributed by atoms with Gasteiger partial charge in [0.25, 0.3) is 0 Å². The number of pyridine rings is 1. The molecule has 1 aliphatic heterocycles. The van der Waals surface area contributed by atoms with Gasteiger partial charge in [-0.2, -0.15) is 0 Å². The van der Waals surface area contributed by atoms with E-state index in [0.717, 1.165) is 18.2 Å². The molecule has 1 saturated heterocycles. The summed E-state index contributed by atoms with van der Waals surface area (Å²) in [7, 11) is 1.91. The number of hydrogen-bond acceptors (Lipinski definition) is 3. The number of anilines is 1. The van der Waals surface area contributed by atoms with Gasteiger partial charge in [0.1, 0.15) is 0 Å². The number of hydrogen-bond donors (Lipinski definition) is 2. The first-order chi connectivity index (χ1) is 7.29. The van der Waals surface area contributed by atoms with E-state index in [1.807, 2.05) is 13.2 Å². The summed E-state index contributed by atoms with van der Waals surface area (Å²) in [4.78, 5) is 4.47. The molecule has 82 valence electrons. The minimum absolute atomic E-state index is 0.451. The van der Waals surface area contributed by atoms with Crippen molar-refractivity contribution in [3.8, 4) is 0 Å². The van der Waals surface area contributed by atoms with Crippen molar-refractivity contribution < 1.29 is 0 Å². The molecule has 0 spiro atoms. The van der Waals surface area contributed by atoms with Crippen molar-refractivity contribution >= 4 is 5.69 Å². The zero-order valence-corrected chi connectivity index (χ0v) is 9.46. The summed E-state index contributed by atoms with van der Waals surface area (Å²) in [5.41, 5.74) is 2.24. The lowest BCUT2D eigenvalue weighted by Gasteiger charge is -2.27. The lowest BCUT2D eigenvalue weighted by atomic mass is 9.94. The summed E-state index contributed by atoms with van der Waals surface area (Å²) in [6.45, 7) is 3.40. The molecule has 0 saturated carbocycles. The molecule has 1 fully saturated rings. The van der Waals surface area contributed by atoms with Crippen LogP contribution in [0.4, 0.5) is 5.69 Å². The van der Waals surface area contributed by atoms with Crippen LogP contribution in [-0.2, 0) is 0 Å². The Kier molecular flexibility index (Phi) is 3.21. The predicted molar refractivity (Wildman–Crippen MR) is 62.9 cm³/mol. The maximum atomic E-state index is 4.47. The standard InChI is InChI=1S/C12H19N3/c1-9-3-5-11(14-7-9)12-6-4-10(13-2)8-15-12/h4,6,8-9,11,13-14H,3,5,7H2,1-2H3. The van der Waals surface area contributed by atoms with Crippen LogP contribution in [0.3, 0.4) is 0 Å². The third-order valence-electron chi connectivity index (χ3n) is 3.09. The second-order valence-corrected chi connectivity index (χ2v) is 4.37. The number of nitrogens with one attached hydrogen (secondary N) is 2. The largest absolute Gasteiger partial charge is 0.387 e. The van der Waals surface area contributed by atoms with Crippen molar-refractivity contribution in [2.24, 2.45) is 5.92 Å². The van der Waals surface area contributed by atoms with Gasteiger partial charge in [-0.15, -0.1) is 0 Å². The summed E-state index contributed by atoms with van der Waals surface area (Å²) in [5, 5.41) is 6.62. The van der Waals surface area contributed by atoms with Crippen LogP contribution in [-0.4, -0.2) is 18.6 Å². The third kappa shape index (κ3) is 2.48. The molecule has 2 N–H and O–H groups in total. The van der Waals surface area contributed by atoms with Crippen LogP contribution >= 0.6 is 0 Å². The van der Waals surface area contributed by atoms with E-state index in [1.54, 1.807) is 0 Å². The van der Waals surface area contributed by atoms with Crippen LogP contribution in [0.2, 0.25) is 0 Å². The highest BCUT2D eigenvalue weighted by Crippen LogP contribution is 2.24. The van der Waals surface area contributed by atoms with Gasteiger partial charge in [0.2, 0.25) is 0 Å². The summed E-state index contributed by atoms with van der Waals surface area (Å²) >= 11 is 0. The Labute approximate surface area is 91.3 Å². The molecular formula is C12H19N3. The first-order valence-corrected chi connectivity index (χ1v) is 5.66. The molecule has 15 heavy (non-hydrogen) atoms. The van der Waals surface area contributed by atoms with Gasteiger partial charge in [0.15, 0.2) is 0 Å². The summed E-state index contributed by atoms with van der Waals surface area (Å²) < 4.78 is 0. The zero-order chi connectivity index (χ0) is 10.7. The summed E-state index contributed by atoms with van der Waals surface area (Å²) in [6.07, 6.45) is 4.40. The lowest BCUT2D eigenvalue weighted by Crippen LogP contribution is -2.32. The average Bonchev–Trinajstić information content (AvgIpc) is 2.30. The van der Waals surface area contributed by atoms with E-state index in [1.165, 1.54) is 18.5 Å². The molecule has 0 amide bonds. The molecule has 1 aliphatic rings. The second-order valence-electron chi connectivity index (χ2n) is 4.37. The van der Waals surface area contributed by atoms with Crippen molar-refractivity contribution in [3.05, 3.63) is 24.0 Å². The van der Waals surface area contributed by atoms with Gasteiger partial charge in [0, 0.05) is 13.1 Å². The van der Waals surface area contributed by atoms with Crippen molar-refractivity contribution in [1.29, 1.82) is 0 Å². The van der Waals surface area contributed by atoms with Gasteiger partial charge in [-0.25, -0.2) is 0 Å². The fraction of sp³-hybridized carbons (Fsp3) is 0.583. The van der Waals surface area contributed by atoms with E-state index >= 15 is 0 Å². The second kappa shape index (κ2) is 4.62. The van der Waals surface area contributed by atoms with Crippen LogP contribution in [0.1, 0.15) is 31.5 Å². The molecule has 1 aromatic heterocycles. The maximum Gasteiger partial charge on any atom is 0.0574 e. The molecule has 0 aromatic carbocycles. The maximum absolute atomic E-state index is 4.47. The Hall–Kier alpha value is -1.09. The molecule has 1 aromatic rings.